The largest absolute Gasteiger partial charge is 0.493 e. The molecule has 0 bridgehead atoms. The molecule has 5 aliphatic rings. The SMILES string of the molecule is CCCCCCCCCCCCOc1cc(CN2CC34c5c6c7c8c9c%10c(c%11c%12c3c3c5c5c%13c6c6c7c7c9c9c%14c%10c%10c%11c%11c%12c%12c3c3c5c5c%13c%13c6c6c7c9c7c9c%14c%10c%10c%11c%11c%12c3c3c5c5c%13c6c7c6c9c%10c%11c3c56)C84C2c2ccncc2)cc(OCCCCCCCCCCCC)c1. The Morgan fingerprint density at radius 2 is 0.529 bits per heavy atom. The molecule has 2 spiro atoms. The van der Waals surface area contributed by atoms with Gasteiger partial charge in [-0.1, -0.05) is 129 Å². The standard InChI is InChI=1S/C98H62N2O2/c1-3-5-7-9-11-13-15-17-19-21-27-101-36-29-34(30-37(31-36)102-28-22-20-18-16-14-12-10-8-6-4-2)32-100-33-97-92-84-76-66-56-48-40-38-39-42-46-44(40)52-60-54(46)64-58-50(42)51-43(39)47-45-41(38)49(48)57-63-53(45)61-55(47)65-59(51)69-68(58)80-74(64)82-72(60)78(70(76)62(52)56)86(92)88(82)94-90(80)91-81(69)75(65)83-73(61)79-71(63)77(67(57)66)85(84)93(97)87(79)89(83)95(91)98(94,97)96(100)35-23-25-99-26-24-35/h23-26,29-31,96H,3-22,27-28,32-33H2,1-2H3. The number of aromatic nitrogens is 1. The average Bonchev–Trinajstić information content (AvgIpc) is 1.38. The molecule has 1 atom stereocenters. The number of hydrogen-bond donors (Lipinski definition) is 0. The molecule has 30 aromatic rings. The van der Waals surface area contributed by atoms with Gasteiger partial charge < -0.3 is 9.47 Å². The second-order valence-electron chi connectivity index (χ2n) is 35.9. The number of ether oxygens (including phenoxy) is 2. The molecule has 1 aromatic heterocycles. The highest BCUT2D eigenvalue weighted by Gasteiger charge is 2.76. The molecule has 29 aromatic carbocycles. The lowest BCUT2D eigenvalue weighted by molar-refractivity contribution is 0.217. The van der Waals surface area contributed by atoms with E-state index in [9.17, 15) is 0 Å². The maximum Gasteiger partial charge on any atom is 0.123 e. The van der Waals surface area contributed by atoms with Gasteiger partial charge in [0.15, 0.2) is 0 Å². The third-order valence-corrected chi connectivity index (χ3v) is 32.7. The fourth-order valence-electron chi connectivity index (χ4n) is 30.8. The van der Waals surface area contributed by atoms with Crippen LogP contribution in [0.15, 0.2) is 42.7 Å². The van der Waals surface area contributed by atoms with E-state index >= 15 is 0 Å². The molecule has 0 amide bonds. The smallest absolute Gasteiger partial charge is 0.123 e. The van der Waals surface area contributed by atoms with Crippen molar-refractivity contribution >= 4 is 291 Å². The topological polar surface area (TPSA) is 34.6 Å². The lowest BCUT2D eigenvalue weighted by Gasteiger charge is -2.52. The van der Waals surface area contributed by atoms with E-state index in [0.29, 0.717) is 0 Å². The van der Waals surface area contributed by atoms with Gasteiger partial charge in [-0.2, -0.15) is 0 Å². The quantitative estimate of drug-likeness (QED) is 0.0380. The van der Waals surface area contributed by atoms with Gasteiger partial charge in [-0.3, -0.25) is 9.88 Å². The van der Waals surface area contributed by atoms with Crippen LogP contribution in [0.25, 0.3) is 291 Å². The third-order valence-electron chi connectivity index (χ3n) is 32.7. The fourth-order valence-corrected chi connectivity index (χ4v) is 30.8. The first-order valence-electron chi connectivity index (χ1n) is 40.6. The van der Waals surface area contributed by atoms with Crippen molar-refractivity contribution in [1.82, 2.24) is 9.88 Å². The molecular weight excluding hydrogens is 1240 g/mol. The molecule has 476 valence electrons. The predicted octanol–water partition coefficient (Wildman–Crippen LogP) is 27.5. The van der Waals surface area contributed by atoms with Crippen LogP contribution in [0.2, 0.25) is 0 Å². The van der Waals surface area contributed by atoms with Crippen molar-refractivity contribution in [2.45, 2.75) is 166 Å². The van der Waals surface area contributed by atoms with Crippen molar-refractivity contribution in [2.75, 3.05) is 19.8 Å². The fraction of sp³-hybridized carbons (Fsp3) is 0.296. The number of nitrogens with zero attached hydrogens (tertiary/aromatic N) is 2. The summed E-state index contributed by atoms with van der Waals surface area (Å²) >= 11 is 0. The molecule has 4 aliphatic carbocycles. The molecule has 1 saturated heterocycles. The zero-order chi connectivity index (χ0) is 64.0. The molecule has 102 heavy (non-hydrogen) atoms. The maximum absolute atomic E-state index is 7.09. The molecule has 1 unspecified atom stereocenters. The summed E-state index contributed by atoms with van der Waals surface area (Å²) in [6.07, 6.45) is 30.7. The third kappa shape index (κ3) is 3.86. The predicted molar refractivity (Wildman–Crippen MR) is 432 cm³/mol. The Labute approximate surface area is 579 Å². The van der Waals surface area contributed by atoms with E-state index in [0.717, 1.165) is 50.6 Å². The lowest BCUT2D eigenvalue weighted by atomic mass is 9.47. The zero-order valence-corrected chi connectivity index (χ0v) is 57.3. The minimum atomic E-state index is -0.474. The van der Waals surface area contributed by atoms with Gasteiger partial charge in [-0.25, -0.2) is 0 Å². The molecule has 2 heterocycles. The number of likely N-dealkylation sites (tertiary alicyclic amines) is 1. The van der Waals surface area contributed by atoms with Gasteiger partial charge in [-0.05, 0) is 361 Å². The van der Waals surface area contributed by atoms with Crippen molar-refractivity contribution in [3.05, 3.63) is 76.1 Å². The Kier molecular flexibility index (Phi) is 6.89. The second kappa shape index (κ2) is 14.3. The highest BCUT2D eigenvalue weighted by molar-refractivity contribution is 6.82. The first kappa shape index (κ1) is 49.1. The Hall–Kier alpha value is -9.61. The summed E-state index contributed by atoms with van der Waals surface area (Å²) < 4.78 is 14.2. The van der Waals surface area contributed by atoms with Crippen molar-refractivity contribution in [1.29, 1.82) is 0 Å². The molecule has 1 aliphatic heterocycles. The minimum absolute atomic E-state index is 0.0107. The number of hydrogen-bond acceptors (Lipinski definition) is 4. The van der Waals surface area contributed by atoms with Crippen LogP contribution in [0, 0.1) is 0 Å². The zero-order valence-electron chi connectivity index (χ0n) is 57.3. The molecule has 4 nitrogen and oxygen atoms in total. The van der Waals surface area contributed by atoms with E-state index < -0.39 is 10.8 Å². The summed E-state index contributed by atoms with van der Waals surface area (Å²) in [6.45, 7) is 7.87. The van der Waals surface area contributed by atoms with Crippen LogP contribution in [0.1, 0.15) is 182 Å². The van der Waals surface area contributed by atoms with E-state index in [1.54, 1.807) is 313 Å². The van der Waals surface area contributed by atoms with Crippen molar-refractivity contribution in [3.63, 3.8) is 0 Å². The van der Waals surface area contributed by atoms with Gasteiger partial charge in [0.2, 0.25) is 0 Å². The van der Waals surface area contributed by atoms with E-state index in [1.165, 1.54) is 127 Å². The minimum Gasteiger partial charge on any atom is -0.493 e. The maximum atomic E-state index is 7.09. The Morgan fingerprint density at radius 3 is 0.794 bits per heavy atom. The van der Waals surface area contributed by atoms with Crippen molar-refractivity contribution in [3.8, 4) is 11.5 Å². The summed E-state index contributed by atoms with van der Waals surface area (Å²) in [7, 11) is 0. The number of rotatable bonds is 27. The summed E-state index contributed by atoms with van der Waals surface area (Å²) in [5.41, 5.74) is 8.80. The van der Waals surface area contributed by atoms with Crippen molar-refractivity contribution < 1.29 is 9.47 Å². The molecule has 35 rings (SSSR count). The van der Waals surface area contributed by atoms with E-state index in [2.05, 4.69) is 61.5 Å². The normalized spacial score (nSPS) is 20.1. The summed E-state index contributed by atoms with van der Waals surface area (Å²) in [5.74, 6) is 1.96. The number of unbranched alkanes of at least 4 members (excludes halogenated alkanes) is 18. The molecule has 0 N–H and O–H groups in total. The highest BCUT2D eigenvalue weighted by Crippen LogP contribution is 2.87. The first-order valence-corrected chi connectivity index (χ1v) is 40.6. The van der Waals surface area contributed by atoms with Gasteiger partial charge in [0.25, 0.3) is 0 Å². The van der Waals surface area contributed by atoms with Gasteiger partial charge in [0.05, 0.1) is 30.1 Å². The van der Waals surface area contributed by atoms with Gasteiger partial charge in [-0.15, -0.1) is 0 Å². The Morgan fingerprint density at radius 1 is 0.294 bits per heavy atom. The number of pyridine rings is 1. The molecule has 4 heteroatoms. The van der Waals surface area contributed by atoms with Crippen LogP contribution in [0.5, 0.6) is 11.5 Å². The highest BCUT2D eigenvalue weighted by atomic mass is 16.5. The van der Waals surface area contributed by atoms with Crippen LogP contribution in [-0.4, -0.2) is 29.6 Å². The van der Waals surface area contributed by atoms with E-state index in [4.69, 9.17) is 14.5 Å². The Balaban J connectivity index is 0.685. The number of benzene rings is 19. The molecule has 0 radical (unpaired) electrons. The monoisotopic (exact) mass is 1300 g/mol. The van der Waals surface area contributed by atoms with Gasteiger partial charge in [0.1, 0.15) is 11.5 Å². The van der Waals surface area contributed by atoms with Crippen LogP contribution >= 0.6 is 0 Å². The molecule has 1 fully saturated rings. The second-order valence-corrected chi connectivity index (χ2v) is 35.9. The molecular formula is C98H62N2O2. The lowest BCUT2D eigenvalue weighted by Crippen LogP contribution is -2.51. The van der Waals surface area contributed by atoms with Crippen LogP contribution in [0.4, 0.5) is 0 Å². The van der Waals surface area contributed by atoms with E-state index in [1.807, 2.05) is 0 Å². The summed E-state index contributed by atoms with van der Waals surface area (Å²) in [5, 5.41) is 89.4. The summed E-state index contributed by atoms with van der Waals surface area (Å²) in [4.78, 5) is 8.10. The van der Waals surface area contributed by atoms with Crippen molar-refractivity contribution in [2.24, 2.45) is 0 Å². The van der Waals surface area contributed by atoms with Gasteiger partial charge in [0, 0.05) is 31.5 Å². The molecule has 0 saturated carbocycles. The van der Waals surface area contributed by atoms with Crippen LogP contribution in [-0.2, 0) is 17.4 Å². The average molecular weight is 1300 g/mol. The Bertz CT molecular complexity index is 8160. The van der Waals surface area contributed by atoms with E-state index in [-0.39, 0.29) is 6.04 Å². The van der Waals surface area contributed by atoms with Crippen LogP contribution < -0.4 is 9.47 Å². The summed E-state index contributed by atoms with van der Waals surface area (Å²) in [6, 6.07) is 12.2. The first-order chi connectivity index (χ1) is 50.8. The van der Waals surface area contributed by atoms with Gasteiger partial charge >= 0.3 is 0 Å². The van der Waals surface area contributed by atoms with Crippen LogP contribution in [0.3, 0.4) is 0 Å².